The summed E-state index contributed by atoms with van der Waals surface area (Å²) in [7, 11) is 1.65. The third kappa shape index (κ3) is 4.82. The summed E-state index contributed by atoms with van der Waals surface area (Å²) in [5.41, 5.74) is 7.95. The van der Waals surface area contributed by atoms with Crippen molar-refractivity contribution in [3.05, 3.63) is 88.7 Å². The van der Waals surface area contributed by atoms with Gasteiger partial charge in [-0.05, 0) is 53.5 Å². The molecule has 3 heteroatoms. The minimum atomic E-state index is 0.274. The number of piperidine rings is 1. The van der Waals surface area contributed by atoms with Gasteiger partial charge in [0.2, 0.25) is 5.91 Å². The van der Waals surface area contributed by atoms with E-state index in [-0.39, 0.29) is 5.91 Å². The summed E-state index contributed by atoms with van der Waals surface area (Å²) in [6.45, 7) is 5.46. The smallest absolute Gasteiger partial charge is 0.222 e. The summed E-state index contributed by atoms with van der Waals surface area (Å²) in [6, 6.07) is 17.3. The molecule has 1 saturated heterocycles. The highest BCUT2D eigenvalue weighted by atomic mass is 16.5. The van der Waals surface area contributed by atoms with Gasteiger partial charge in [0.15, 0.2) is 0 Å². The summed E-state index contributed by atoms with van der Waals surface area (Å²) in [4.78, 5) is 14.7. The number of ether oxygens (including phenoxy) is 1. The average molecular weight is 414 g/mol. The summed E-state index contributed by atoms with van der Waals surface area (Å²) in [5.74, 6) is 1.07. The molecule has 0 bridgehead atoms. The van der Waals surface area contributed by atoms with E-state index in [1.54, 1.807) is 7.11 Å². The maximum absolute atomic E-state index is 12.7. The fraction of sp³-hybridized carbons (Fsp3) is 0.321. The van der Waals surface area contributed by atoms with Crippen molar-refractivity contribution in [1.29, 1.82) is 0 Å². The highest BCUT2D eigenvalue weighted by molar-refractivity contribution is 5.95. The number of hydrogen-bond acceptors (Lipinski definition) is 2. The van der Waals surface area contributed by atoms with Crippen molar-refractivity contribution in [3.63, 3.8) is 0 Å². The molecule has 31 heavy (non-hydrogen) atoms. The first-order valence-electron chi connectivity index (χ1n) is 11.3. The van der Waals surface area contributed by atoms with Crippen LogP contribution in [0.25, 0.3) is 17.7 Å². The van der Waals surface area contributed by atoms with Crippen LogP contribution in [0.15, 0.2) is 66.4 Å². The Balaban J connectivity index is 1.49. The number of unbranched alkanes of at least 4 members (excludes halogenated alkanes) is 1. The van der Waals surface area contributed by atoms with Crippen LogP contribution in [0.5, 0.6) is 0 Å². The number of nitrogens with zero attached hydrogens (tertiary/aromatic N) is 1. The first-order chi connectivity index (χ1) is 15.2. The number of rotatable bonds is 6. The van der Waals surface area contributed by atoms with Gasteiger partial charge in [-0.15, -0.1) is 0 Å². The molecule has 0 spiro atoms. The molecule has 1 heterocycles. The molecule has 0 saturated carbocycles. The number of likely N-dealkylation sites (tertiary alicyclic amines) is 1. The Morgan fingerprint density at radius 1 is 0.903 bits per heavy atom. The largest absolute Gasteiger partial charge is 0.502 e. The van der Waals surface area contributed by atoms with Crippen LogP contribution in [0.4, 0.5) is 0 Å². The van der Waals surface area contributed by atoms with Gasteiger partial charge >= 0.3 is 0 Å². The number of carbonyl (C=O) groups excluding carboxylic acids is 1. The van der Waals surface area contributed by atoms with E-state index >= 15 is 0 Å². The molecule has 3 nitrogen and oxygen atoms in total. The van der Waals surface area contributed by atoms with Crippen molar-refractivity contribution < 1.29 is 9.53 Å². The lowest BCUT2D eigenvalue weighted by Crippen LogP contribution is -2.36. The zero-order valence-corrected chi connectivity index (χ0v) is 18.4. The molecule has 0 N–H and O–H groups in total. The van der Waals surface area contributed by atoms with Gasteiger partial charge in [-0.1, -0.05) is 72.8 Å². The molecule has 1 fully saturated rings. The van der Waals surface area contributed by atoms with E-state index in [9.17, 15) is 4.79 Å². The summed E-state index contributed by atoms with van der Waals surface area (Å²) >= 11 is 0. The fourth-order valence-corrected chi connectivity index (χ4v) is 4.58. The van der Waals surface area contributed by atoms with E-state index in [1.807, 2.05) is 4.90 Å². The van der Waals surface area contributed by atoms with Gasteiger partial charge in [-0.25, -0.2) is 0 Å². The minimum absolute atomic E-state index is 0.274. The summed E-state index contributed by atoms with van der Waals surface area (Å²) < 4.78 is 5.10. The third-order valence-corrected chi connectivity index (χ3v) is 6.36. The Hall–Kier alpha value is -3.07. The molecular weight excluding hydrogens is 382 g/mol. The van der Waals surface area contributed by atoms with Gasteiger partial charge in [0.25, 0.3) is 0 Å². The number of fused-ring (bicyclic) bond motifs is 2. The topological polar surface area (TPSA) is 29.5 Å². The van der Waals surface area contributed by atoms with E-state index in [1.165, 1.54) is 33.4 Å². The number of carbonyl (C=O) groups is 1. The van der Waals surface area contributed by atoms with Crippen molar-refractivity contribution >= 4 is 23.6 Å². The lowest BCUT2D eigenvalue weighted by atomic mass is 9.86. The van der Waals surface area contributed by atoms with Crippen molar-refractivity contribution in [2.24, 2.45) is 0 Å². The Bertz CT molecular complexity index is 969. The molecule has 1 aliphatic heterocycles. The van der Waals surface area contributed by atoms with Crippen LogP contribution in [0.1, 0.15) is 60.8 Å². The monoisotopic (exact) mass is 413 g/mol. The molecule has 1 amide bonds. The molecule has 2 aromatic rings. The fourth-order valence-electron chi connectivity index (χ4n) is 4.58. The van der Waals surface area contributed by atoms with E-state index in [4.69, 9.17) is 4.74 Å². The van der Waals surface area contributed by atoms with Crippen LogP contribution >= 0.6 is 0 Å². The predicted octanol–water partition coefficient (Wildman–Crippen LogP) is 6.32. The average Bonchev–Trinajstić information content (AvgIpc) is 2.98. The number of hydrogen-bond donors (Lipinski definition) is 0. The zero-order valence-electron chi connectivity index (χ0n) is 18.4. The molecule has 0 aromatic heterocycles. The van der Waals surface area contributed by atoms with Crippen LogP contribution < -0.4 is 0 Å². The van der Waals surface area contributed by atoms with Gasteiger partial charge in [-0.2, -0.15) is 0 Å². The van der Waals surface area contributed by atoms with E-state index in [2.05, 4.69) is 67.3 Å². The Morgan fingerprint density at radius 3 is 2.03 bits per heavy atom. The van der Waals surface area contributed by atoms with Gasteiger partial charge in [0, 0.05) is 25.9 Å². The number of amides is 1. The molecule has 0 atom stereocenters. The third-order valence-electron chi connectivity index (χ3n) is 6.36. The van der Waals surface area contributed by atoms with Crippen molar-refractivity contribution in [1.82, 2.24) is 4.90 Å². The molecule has 2 aromatic carbocycles. The normalized spacial score (nSPS) is 15.2. The SMILES string of the molecule is C=C(CCCCC(=O)N1CCC(=C2c3ccccc3C=Cc3ccccc32)CC1)OC. The number of allylic oxidation sites excluding steroid dienone is 1. The summed E-state index contributed by atoms with van der Waals surface area (Å²) in [6.07, 6.45) is 9.58. The predicted molar refractivity (Wildman–Crippen MR) is 128 cm³/mol. The Labute approximate surface area is 185 Å². The van der Waals surface area contributed by atoms with Crippen molar-refractivity contribution in [2.75, 3.05) is 20.2 Å². The van der Waals surface area contributed by atoms with Crippen LogP contribution in [-0.4, -0.2) is 31.0 Å². The standard InChI is InChI=1S/C28H31NO2/c1-21(31-2)9-3-8-14-27(30)29-19-17-24(18-20-29)28-25-12-6-4-10-22(25)15-16-23-11-5-7-13-26(23)28/h4-7,10-13,15-16H,1,3,8-9,14,17-20H2,2H3. The van der Waals surface area contributed by atoms with Gasteiger partial charge in [-0.3, -0.25) is 4.79 Å². The van der Waals surface area contributed by atoms with E-state index in [0.717, 1.165) is 51.0 Å². The Kier molecular flexibility index (Phi) is 6.71. The van der Waals surface area contributed by atoms with Crippen LogP contribution in [0.3, 0.4) is 0 Å². The second-order valence-electron chi connectivity index (χ2n) is 8.32. The molecular formula is C28H31NO2. The first kappa shape index (κ1) is 21.2. The maximum atomic E-state index is 12.7. The van der Waals surface area contributed by atoms with E-state index < -0.39 is 0 Å². The van der Waals surface area contributed by atoms with Crippen LogP contribution in [-0.2, 0) is 9.53 Å². The first-order valence-corrected chi connectivity index (χ1v) is 11.3. The molecule has 0 unspecified atom stereocenters. The van der Waals surface area contributed by atoms with Crippen molar-refractivity contribution in [2.45, 2.75) is 38.5 Å². The highest BCUT2D eigenvalue weighted by Crippen LogP contribution is 2.38. The lowest BCUT2D eigenvalue weighted by Gasteiger charge is -2.31. The lowest BCUT2D eigenvalue weighted by molar-refractivity contribution is -0.131. The van der Waals surface area contributed by atoms with Crippen molar-refractivity contribution in [3.8, 4) is 0 Å². The number of benzene rings is 2. The molecule has 2 aliphatic rings. The molecule has 4 rings (SSSR count). The van der Waals surface area contributed by atoms with Crippen LogP contribution in [0.2, 0.25) is 0 Å². The maximum Gasteiger partial charge on any atom is 0.222 e. The van der Waals surface area contributed by atoms with Crippen LogP contribution in [0, 0.1) is 0 Å². The minimum Gasteiger partial charge on any atom is -0.502 e. The molecule has 160 valence electrons. The number of methoxy groups -OCH3 is 1. The van der Waals surface area contributed by atoms with Gasteiger partial charge < -0.3 is 9.64 Å². The van der Waals surface area contributed by atoms with Gasteiger partial charge in [0.1, 0.15) is 0 Å². The molecule has 0 radical (unpaired) electrons. The van der Waals surface area contributed by atoms with E-state index in [0.29, 0.717) is 6.42 Å². The summed E-state index contributed by atoms with van der Waals surface area (Å²) in [5, 5.41) is 0. The second kappa shape index (κ2) is 9.82. The molecule has 1 aliphatic carbocycles. The highest BCUT2D eigenvalue weighted by Gasteiger charge is 2.24. The van der Waals surface area contributed by atoms with Gasteiger partial charge in [0.05, 0.1) is 12.9 Å². The Morgan fingerprint density at radius 2 is 1.45 bits per heavy atom. The second-order valence-corrected chi connectivity index (χ2v) is 8.32. The zero-order chi connectivity index (χ0) is 21.6. The quantitative estimate of drug-likeness (QED) is 0.350.